The van der Waals surface area contributed by atoms with Crippen molar-refractivity contribution in [1.29, 1.82) is 0 Å². The minimum atomic E-state index is -0.0775. The number of hydrogen-bond donors (Lipinski definition) is 0. The van der Waals surface area contributed by atoms with Crippen LogP contribution in [-0.2, 0) is 9.53 Å². The quantitative estimate of drug-likeness (QED) is 0.501. The van der Waals surface area contributed by atoms with Gasteiger partial charge in [-0.25, -0.2) is 0 Å². The zero-order chi connectivity index (χ0) is 7.35. The second-order valence-electron chi connectivity index (χ2n) is 3.82. The normalized spacial score (nSPS) is 42.8. The summed E-state index contributed by atoms with van der Waals surface area (Å²) in [7, 11) is 0. The van der Waals surface area contributed by atoms with Gasteiger partial charge in [-0.2, -0.15) is 0 Å². The molecule has 2 unspecified atom stereocenters. The first-order chi connectivity index (χ1) is 4.64. The number of Topliss-reactive ketones (excluding diaryl/α,β-unsaturated/α-hetero) is 1. The predicted octanol–water partition coefficient (Wildman–Crippen LogP) is 1.00. The standard InChI is InChI=1S/C8H12O2/c1-8(2)5-3-4-10-7(8)6(5)9/h5,7H,3-4H2,1-2H3. The fourth-order valence-electron chi connectivity index (χ4n) is 2.12. The fourth-order valence-corrected chi connectivity index (χ4v) is 2.12. The Labute approximate surface area is 60.6 Å². The Morgan fingerprint density at radius 2 is 2.30 bits per heavy atom. The van der Waals surface area contributed by atoms with E-state index in [-0.39, 0.29) is 11.5 Å². The highest BCUT2D eigenvalue weighted by atomic mass is 16.5. The summed E-state index contributed by atoms with van der Waals surface area (Å²) in [6.45, 7) is 5.01. The summed E-state index contributed by atoms with van der Waals surface area (Å²) in [6.07, 6.45) is 0.855. The van der Waals surface area contributed by atoms with Gasteiger partial charge in [-0.15, -0.1) is 0 Å². The van der Waals surface area contributed by atoms with Crippen LogP contribution in [0.3, 0.4) is 0 Å². The third kappa shape index (κ3) is 0.511. The summed E-state index contributed by atoms with van der Waals surface area (Å²) >= 11 is 0. The fraction of sp³-hybridized carbons (Fsp3) is 0.875. The highest BCUT2D eigenvalue weighted by Crippen LogP contribution is 2.49. The van der Waals surface area contributed by atoms with Crippen LogP contribution in [-0.4, -0.2) is 18.5 Å². The Morgan fingerprint density at radius 3 is 2.50 bits per heavy atom. The van der Waals surface area contributed by atoms with Gasteiger partial charge in [-0.1, -0.05) is 13.8 Å². The number of hydrogen-bond acceptors (Lipinski definition) is 2. The van der Waals surface area contributed by atoms with E-state index >= 15 is 0 Å². The Morgan fingerprint density at radius 1 is 1.60 bits per heavy atom. The maximum Gasteiger partial charge on any atom is 0.165 e. The summed E-state index contributed by atoms with van der Waals surface area (Å²) in [6, 6.07) is 0. The van der Waals surface area contributed by atoms with Crippen LogP contribution < -0.4 is 0 Å². The van der Waals surface area contributed by atoms with Crippen LogP contribution in [0.4, 0.5) is 0 Å². The summed E-state index contributed by atoms with van der Waals surface area (Å²) < 4.78 is 5.32. The van der Waals surface area contributed by atoms with Crippen LogP contribution in [0.25, 0.3) is 0 Å². The molecule has 10 heavy (non-hydrogen) atoms. The van der Waals surface area contributed by atoms with Crippen LogP contribution >= 0.6 is 0 Å². The first-order valence-electron chi connectivity index (χ1n) is 3.79. The average Bonchev–Trinajstić information content (AvgIpc) is 1.88. The lowest BCUT2D eigenvalue weighted by molar-refractivity contribution is -0.195. The molecule has 2 nitrogen and oxygen atoms in total. The molecule has 56 valence electrons. The van der Waals surface area contributed by atoms with Gasteiger partial charge < -0.3 is 4.74 Å². The molecule has 2 saturated heterocycles. The molecule has 0 amide bonds. The lowest BCUT2D eigenvalue weighted by Gasteiger charge is -2.53. The second-order valence-corrected chi connectivity index (χ2v) is 3.82. The van der Waals surface area contributed by atoms with Crippen molar-refractivity contribution in [1.82, 2.24) is 0 Å². The van der Waals surface area contributed by atoms with Crippen molar-refractivity contribution in [3.8, 4) is 0 Å². The number of carbonyl (C=O) groups excluding carboxylic acids is 1. The Bertz CT molecular complexity index is 168. The minimum Gasteiger partial charge on any atom is -0.370 e. The molecule has 3 fully saturated rings. The smallest absolute Gasteiger partial charge is 0.165 e. The Hall–Kier alpha value is -0.370. The molecule has 0 spiro atoms. The van der Waals surface area contributed by atoms with Crippen molar-refractivity contribution < 1.29 is 9.53 Å². The molecule has 0 aromatic carbocycles. The van der Waals surface area contributed by atoms with Crippen molar-refractivity contribution >= 4 is 5.78 Å². The predicted molar refractivity (Wildman–Crippen MR) is 36.6 cm³/mol. The molecule has 0 N–H and O–H groups in total. The number of ether oxygens (including phenoxy) is 1. The molecule has 2 atom stereocenters. The van der Waals surface area contributed by atoms with Gasteiger partial charge in [0.2, 0.25) is 0 Å². The highest BCUT2D eigenvalue weighted by molar-refractivity contribution is 5.94. The van der Waals surface area contributed by atoms with Gasteiger partial charge in [-0.05, 0) is 6.42 Å². The van der Waals surface area contributed by atoms with Gasteiger partial charge in [-0.3, -0.25) is 4.79 Å². The van der Waals surface area contributed by atoms with E-state index in [2.05, 4.69) is 13.8 Å². The van der Waals surface area contributed by atoms with Gasteiger partial charge in [0, 0.05) is 17.9 Å². The van der Waals surface area contributed by atoms with E-state index in [0.29, 0.717) is 11.7 Å². The third-order valence-electron chi connectivity index (χ3n) is 2.87. The maximum absolute atomic E-state index is 11.1. The second kappa shape index (κ2) is 1.62. The number of rotatable bonds is 0. The Balaban J connectivity index is 2.26. The molecule has 0 aromatic rings. The van der Waals surface area contributed by atoms with Crippen LogP contribution in [0.5, 0.6) is 0 Å². The van der Waals surface area contributed by atoms with E-state index in [1.807, 2.05) is 0 Å². The van der Waals surface area contributed by atoms with Gasteiger partial charge in [0.05, 0.1) is 0 Å². The van der Waals surface area contributed by atoms with Gasteiger partial charge in [0.1, 0.15) is 6.10 Å². The largest absolute Gasteiger partial charge is 0.370 e. The lowest BCUT2D eigenvalue weighted by Crippen LogP contribution is -2.63. The van der Waals surface area contributed by atoms with Crippen molar-refractivity contribution in [2.45, 2.75) is 26.4 Å². The molecular weight excluding hydrogens is 128 g/mol. The molecule has 2 bridgehead atoms. The van der Waals surface area contributed by atoms with E-state index in [1.165, 1.54) is 0 Å². The van der Waals surface area contributed by atoms with Crippen molar-refractivity contribution in [3.05, 3.63) is 0 Å². The first-order valence-corrected chi connectivity index (χ1v) is 3.79. The van der Waals surface area contributed by atoms with Crippen LogP contribution in [0.2, 0.25) is 0 Å². The Kier molecular flexibility index (Phi) is 1.03. The van der Waals surface area contributed by atoms with Crippen LogP contribution in [0, 0.1) is 11.3 Å². The van der Waals surface area contributed by atoms with Crippen molar-refractivity contribution in [2.75, 3.05) is 6.61 Å². The molecular formula is C8H12O2. The van der Waals surface area contributed by atoms with E-state index < -0.39 is 0 Å². The topological polar surface area (TPSA) is 26.3 Å². The zero-order valence-corrected chi connectivity index (χ0v) is 6.39. The van der Waals surface area contributed by atoms with E-state index in [0.717, 1.165) is 13.0 Å². The number of fused-ring (bicyclic) bond motifs is 2. The molecule has 0 radical (unpaired) electrons. The number of ketones is 1. The summed E-state index contributed by atoms with van der Waals surface area (Å²) in [4.78, 5) is 11.1. The molecule has 2 aliphatic heterocycles. The third-order valence-corrected chi connectivity index (χ3v) is 2.87. The van der Waals surface area contributed by atoms with E-state index in [4.69, 9.17) is 4.74 Å². The van der Waals surface area contributed by atoms with Gasteiger partial charge in [0.15, 0.2) is 5.78 Å². The molecule has 1 saturated carbocycles. The molecule has 1 aliphatic carbocycles. The SMILES string of the molecule is CC1(C)C2CCOC1C2=O. The van der Waals surface area contributed by atoms with Crippen LogP contribution in [0.1, 0.15) is 20.3 Å². The highest BCUT2D eigenvalue weighted by Gasteiger charge is 2.58. The monoisotopic (exact) mass is 140 g/mol. The molecule has 3 aliphatic rings. The van der Waals surface area contributed by atoms with Crippen LogP contribution in [0.15, 0.2) is 0 Å². The summed E-state index contributed by atoms with van der Waals surface area (Å²) in [5.41, 5.74) is 0.134. The molecule has 2 heterocycles. The average molecular weight is 140 g/mol. The minimum absolute atomic E-state index is 0.0775. The van der Waals surface area contributed by atoms with Gasteiger partial charge in [0.25, 0.3) is 0 Å². The zero-order valence-electron chi connectivity index (χ0n) is 6.39. The number of carbonyl (C=O) groups is 1. The summed E-state index contributed by atoms with van der Waals surface area (Å²) in [5, 5.41) is 0. The van der Waals surface area contributed by atoms with Crippen molar-refractivity contribution in [3.63, 3.8) is 0 Å². The van der Waals surface area contributed by atoms with Gasteiger partial charge >= 0.3 is 0 Å². The molecule has 0 aromatic heterocycles. The molecule has 3 rings (SSSR count). The van der Waals surface area contributed by atoms with E-state index in [9.17, 15) is 4.79 Å². The first kappa shape index (κ1) is 6.35. The lowest BCUT2D eigenvalue weighted by atomic mass is 9.56. The summed E-state index contributed by atoms with van der Waals surface area (Å²) in [5.74, 6) is 0.627. The maximum atomic E-state index is 11.1. The van der Waals surface area contributed by atoms with E-state index in [1.54, 1.807) is 0 Å². The van der Waals surface area contributed by atoms with Crippen molar-refractivity contribution in [2.24, 2.45) is 11.3 Å². The molecule has 2 heteroatoms.